The molecule has 2 aromatic rings. The molecule has 24 heavy (non-hydrogen) atoms. The molecule has 0 radical (unpaired) electrons. The van der Waals surface area contributed by atoms with Crippen LogP contribution in [0.5, 0.6) is 0 Å². The largest absolute Gasteiger partial charge is 0.394 e. The van der Waals surface area contributed by atoms with E-state index < -0.39 is 4.92 Å². The second kappa shape index (κ2) is 7.00. The summed E-state index contributed by atoms with van der Waals surface area (Å²) in [5.41, 5.74) is 1.42. The van der Waals surface area contributed by atoms with Crippen molar-refractivity contribution in [2.24, 2.45) is 5.41 Å². The third-order valence-corrected chi connectivity index (χ3v) is 3.76. The molecule has 0 fully saturated rings. The normalized spacial score (nSPS) is 13.0. The number of nitro groups is 1. The van der Waals surface area contributed by atoms with Gasteiger partial charge in [-0.1, -0.05) is 20.8 Å². The zero-order chi connectivity index (χ0) is 17.9. The predicted octanol–water partition coefficient (Wildman–Crippen LogP) is 2.53. The van der Waals surface area contributed by atoms with Gasteiger partial charge in [-0.05, 0) is 23.5 Å². The molecule has 0 aliphatic heterocycles. The summed E-state index contributed by atoms with van der Waals surface area (Å²) >= 11 is 0. The van der Waals surface area contributed by atoms with E-state index in [4.69, 9.17) is 0 Å². The summed E-state index contributed by atoms with van der Waals surface area (Å²) in [7, 11) is 0. The first-order valence-corrected chi connectivity index (χ1v) is 7.84. The van der Waals surface area contributed by atoms with E-state index in [1.54, 1.807) is 12.3 Å². The minimum Gasteiger partial charge on any atom is -0.394 e. The van der Waals surface area contributed by atoms with E-state index in [-0.39, 0.29) is 36.1 Å². The number of aliphatic hydroxyl groups excluding tert-OH is 1. The fraction of sp³-hybridized carbons (Fsp3) is 0.471. The molecule has 1 atom stereocenters. The molecule has 0 saturated carbocycles. The van der Waals surface area contributed by atoms with Crippen LogP contribution in [0.25, 0.3) is 10.9 Å². The monoisotopic (exact) mass is 333 g/mol. The lowest BCUT2D eigenvalue weighted by Crippen LogP contribution is -2.40. The molecule has 1 aromatic carbocycles. The van der Waals surface area contributed by atoms with Crippen LogP contribution in [-0.2, 0) is 11.2 Å². The molecule has 0 saturated heterocycles. The summed E-state index contributed by atoms with van der Waals surface area (Å²) in [6.07, 6.45) is 2.45. The zero-order valence-corrected chi connectivity index (χ0v) is 14.1. The van der Waals surface area contributed by atoms with Crippen LogP contribution in [-0.4, -0.2) is 33.6 Å². The number of nitrogens with zero attached hydrogens (tertiary/aromatic N) is 1. The summed E-state index contributed by atoms with van der Waals surface area (Å²) < 4.78 is 0. The number of hydrogen-bond donors (Lipinski definition) is 3. The molecule has 1 amide bonds. The lowest BCUT2D eigenvalue weighted by Gasteiger charge is -2.25. The lowest BCUT2D eigenvalue weighted by atomic mass is 9.88. The number of rotatable bonds is 6. The van der Waals surface area contributed by atoms with Gasteiger partial charge in [0.1, 0.15) is 0 Å². The van der Waals surface area contributed by atoms with E-state index in [2.05, 4.69) is 10.3 Å². The smallest absolute Gasteiger partial charge is 0.270 e. The molecule has 0 aliphatic carbocycles. The molecule has 130 valence electrons. The summed E-state index contributed by atoms with van der Waals surface area (Å²) in [5.74, 6) is -0.217. The van der Waals surface area contributed by atoms with Gasteiger partial charge in [0.25, 0.3) is 5.69 Å². The van der Waals surface area contributed by atoms with Crippen molar-refractivity contribution in [2.75, 3.05) is 6.61 Å². The van der Waals surface area contributed by atoms with Crippen LogP contribution in [0.3, 0.4) is 0 Å². The van der Waals surface area contributed by atoms with Gasteiger partial charge in [-0.25, -0.2) is 0 Å². The highest BCUT2D eigenvalue weighted by Crippen LogP contribution is 2.24. The molecule has 0 aliphatic rings. The number of amides is 1. The van der Waals surface area contributed by atoms with Gasteiger partial charge in [-0.2, -0.15) is 0 Å². The Hall–Kier alpha value is -2.41. The molecule has 3 N–H and O–H groups in total. The number of carbonyl (C=O) groups excluding carboxylic acids is 1. The fourth-order valence-electron chi connectivity index (χ4n) is 2.78. The fourth-order valence-corrected chi connectivity index (χ4v) is 2.78. The van der Waals surface area contributed by atoms with Crippen LogP contribution in [0.15, 0.2) is 24.4 Å². The lowest BCUT2D eigenvalue weighted by molar-refractivity contribution is -0.384. The number of aromatic nitrogens is 1. The third-order valence-electron chi connectivity index (χ3n) is 3.76. The molecular weight excluding hydrogens is 310 g/mol. The number of aromatic amines is 1. The number of H-pyrrole nitrogens is 1. The highest BCUT2D eigenvalue weighted by molar-refractivity contribution is 5.90. The molecule has 0 bridgehead atoms. The Morgan fingerprint density at radius 1 is 1.42 bits per heavy atom. The van der Waals surface area contributed by atoms with Crippen molar-refractivity contribution < 1.29 is 14.8 Å². The number of nitro benzene ring substituents is 1. The van der Waals surface area contributed by atoms with Crippen LogP contribution in [0, 0.1) is 15.5 Å². The molecule has 0 spiro atoms. The number of fused-ring (bicyclic) bond motifs is 1. The van der Waals surface area contributed by atoms with Gasteiger partial charge in [0.05, 0.1) is 24.0 Å². The standard InChI is InChI=1S/C17H23N3O4/c1-17(2,3)8-12(10-21)19-16(22)6-11-9-18-15-5-4-13(20(23)24)7-14(11)15/h4-5,7,9,12,18,21H,6,8,10H2,1-3H3,(H,19,22). The summed E-state index contributed by atoms with van der Waals surface area (Å²) in [6, 6.07) is 4.21. The minimum absolute atomic E-state index is 0.00951. The van der Waals surface area contributed by atoms with E-state index >= 15 is 0 Å². The molecule has 1 heterocycles. The van der Waals surface area contributed by atoms with Crippen LogP contribution in [0.2, 0.25) is 0 Å². The Morgan fingerprint density at radius 2 is 2.12 bits per heavy atom. The maximum Gasteiger partial charge on any atom is 0.270 e. The number of aliphatic hydroxyl groups is 1. The summed E-state index contributed by atoms with van der Waals surface area (Å²) in [4.78, 5) is 25.7. The molecule has 1 aromatic heterocycles. The molecular formula is C17H23N3O4. The van der Waals surface area contributed by atoms with Gasteiger partial charge in [0.2, 0.25) is 5.91 Å². The Morgan fingerprint density at radius 3 is 2.71 bits per heavy atom. The van der Waals surface area contributed by atoms with E-state index in [0.717, 1.165) is 5.52 Å². The topological polar surface area (TPSA) is 108 Å². The molecule has 7 heteroatoms. The highest BCUT2D eigenvalue weighted by atomic mass is 16.6. The Kier molecular flexibility index (Phi) is 5.23. The van der Waals surface area contributed by atoms with Crippen molar-refractivity contribution in [2.45, 2.75) is 39.7 Å². The SMILES string of the molecule is CC(C)(C)CC(CO)NC(=O)Cc1c[nH]c2ccc([N+](=O)[O-])cc12. The van der Waals surface area contributed by atoms with Crippen molar-refractivity contribution in [1.82, 2.24) is 10.3 Å². The van der Waals surface area contributed by atoms with Gasteiger partial charge < -0.3 is 15.4 Å². The predicted molar refractivity (Wildman–Crippen MR) is 91.7 cm³/mol. The number of carbonyl (C=O) groups is 1. The van der Waals surface area contributed by atoms with Crippen molar-refractivity contribution in [1.29, 1.82) is 0 Å². The van der Waals surface area contributed by atoms with Gasteiger partial charge in [-0.15, -0.1) is 0 Å². The van der Waals surface area contributed by atoms with Gasteiger partial charge in [0.15, 0.2) is 0 Å². The second-order valence-corrected chi connectivity index (χ2v) is 7.19. The van der Waals surface area contributed by atoms with Crippen LogP contribution in [0.1, 0.15) is 32.8 Å². The van der Waals surface area contributed by atoms with Crippen molar-refractivity contribution in [3.63, 3.8) is 0 Å². The highest BCUT2D eigenvalue weighted by Gasteiger charge is 2.20. The molecule has 2 rings (SSSR count). The minimum atomic E-state index is -0.457. The van der Waals surface area contributed by atoms with E-state index in [1.165, 1.54) is 12.1 Å². The third kappa shape index (κ3) is 4.55. The first-order chi connectivity index (χ1) is 11.2. The maximum absolute atomic E-state index is 12.3. The van der Waals surface area contributed by atoms with E-state index in [9.17, 15) is 20.0 Å². The van der Waals surface area contributed by atoms with E-state index in [1.807, 2.05) is 20.8 Å². The number of benzene rings is 1. The second-order valence-electron chi connectivity index (χ2n) is 7.19. The molecule has 1 unspecified atom stereocenters. The Balaban J connectivity index is 2.12. The first-order valence-electron chi connectivity index (χ1n) is 7.84. The average molecular weight is 333 g/mol. The van der Waals surface area contributed by atoms with Crippen molar-refractivity contribution in [3.8, 4) is 0 Å². The van der Waals surface area contributed by atoms with Crippen LogP contribution < -0.4 is 5.32 Å². The molecule has 7 nitrogen and oxygen atoms in total. The summed E-state index contributed by atoms with van der Waals surface area (Å²) in [5, 5.41) is 23.8. The van der Waals surface area contributed by atoms with Crippen molar-refractivity contribution in [3.05, 3.63) is 40.1 Å². The Labute approximate surface area is 140 Å². The van der Waals surface area contributed by atoms with Gasteiger partial charge >= 0.3 is 0 Å². The first kappa shape index (κ1) is 17.9. The maximum atomic E-state index is 12.3. The van der Waals surface area contributed by atoms with Crippen LogP contribution >= 0.6 is 0 Å². The zero-order valence-electron chi connectivity index (χ0n) is 14.1. The van der Waals surface area contributed by atoms with Gasteiger partial charge in [-0.3, -0.25) is 14.9 Å². The van der Waals surface area contributed by atoms with Gasteiger partial charge in [0, 0.05) is 29.2 Å². The van der Waals surface area contributed by atoms with Crippen molar-refractivity contribution >= 4 is 22.5 Å². The number of hydrogen-bond acceptors (Lipinski definition) is 4. The van der Waals surface area contributed by atoms with Crippen LogP contribution in [0.4, 0.5) is 5.69 Å². The number of non-ortho nitro benzene ring substituents is 1. The Bertz CT molecular complexity index is 746. The quantitative estimate of drug-likeness (QED) is 0.557. The number of nitrogens with one attached hydrogen (secondary N) is 2. The average Bonchev–Trinajstić information content (AvgIpc) is 2.87. The van der Waals surface area contributed by atoms with E-state index in [0.29, 0.717) is 17.4 Å². The summed E-state index contributed by atoms with van der Waals surface area (Å²) in [6.45, 7) is 6.00.